The standard InChI is InChI=1S/C14H21N3O/c1-5-15-8-13-6-7-14(18-13)9-17-12(4)10(2)11(3)16-17/h6-7,15H,5,8-9H2,1-4H3. The largest absolute Gasteiger partial charge is 0.463 e. The van der Waals surface area contributed by atoms with Crippen LogP contribution in [0.3, 0.4) is 0 Å². The molecule has 18 heavy (non-hydrogen) atoms. The van der Waals surface area contributed by atoms with Crippen LogP contribution in [0.1, 0.15) is 35.4 Å². The maximum Gasteiger partial charge on any atom is 0.125 e. The van der Waals surface area contributed by atoms with Crippen molar-refractivity contribution < 1.29 is 4.42 Å². The molecule has 98 valence electrons. The number of hydrogen-bond donors (Lipinski definition) is 1. The molecule has 0 spiro atoms. The average molecular weight is 247 g/mol. The first-order valence-electron chi connectivity index (χ1n) is 6.40. The van der Waals surface area contributed by atoms with E-state index in [1.54, 1.807) is 0 Å². The Labute approximate surface area is 108 Å². The lowest BCUT2D eigenvalue weighted by atomic mass is 10.2. The fourth-order valence-corrected chi connectivity index (χ4v) is 1.94. The van der Waals surface area contributed by atoms with E-state index < -0.39 is 0 Å². The number of hydrogen-bond acceptors (Lipinski definition) is 3. The lowest BCUT2D eigenvalue weighted by Gasteiger charge is -2.02. The predicted octanol–water partition coefficient (Wildman–Crippen LogP) is 2.56. The Kier molecular flexibility index (Phi) is 3.87. The van der Waals surface area contributed by atoms with Crippen LogP contribution in [-0.4, -0.2) is 16.3 Å². The van der Waals surface area contributed by atoms with Crippen molar-refractivity contribution in [3.05, 3.63) is 40.6 Å². The SMILES string of the molecule is CCNCc1ccc(Cn2nc(C)c(C)c2C)o1. The van der Waals surface area contributed by atoms with Crippen LogP contribution >= 0.6 is 0 Å². The first kappa shape index (κ1) is 12.9. The van der Waals surface area contributed by atoms with Gasteiger partial charge in [-0.15, -0.1) is 0 Å². The summed E-state index contributed by atoms with van der Waals surface area (Å²) in [6.45, 7) is 10.8. The molecule has 0 saturated heterocycles. The van der Waals surface area contributed by atoms with E-state index in [9.17, 15) is 0 Å². The summed E-state index contributed by atoms with van der Waals surface area (Å²) >= 11 is 0. The van der Waals surface area contributed by atoms with Gasteiger partial charge in [-0.1, -0.05) is 6.92 Å². The highest BCUT2D eigenvalue weighted by Crippen LogP contribution is 2.14. The van der Waals surface area contributed by atoms with Crippen LogP contribution < -0.4 is 5.32 Å². The van der Waals surface area contributed by atoms with Crippen LogP contribution in [0.25, 0.3) is 0 Å². The summed E-state index contributed by atoms with van der Waals surface area (Å²) < 4.78 is 7.77. The maximum atomic E-state index is 5.77. The number of nitrogens with one attached hydrogen (secondary N) is 1. The van der Waals surface area contributed by atoms with Gasteiger partial charge in [-0.2, -0.15) is 5.10 Å². The second kappa shape index (κ2) is 5.40. The Morgan fingerprint density at radius 3 is 2.56 bits per heavy atom. The van der Waals surface area contributed by atoms with Crippen molar-refractivity contribution in [1.29, 1.82) is 0 Å². The van der Waals surface area contributed by atoms with Gasteiger partial charge in [0.2, 0.25) is 0 Å². The molecule has 0 aliphatic heterocycles. The molecule has 0 amide bonds. The average Bonchev–Trinajstić information content (AvgIpc) is 2.89. The Bertz CT molecular complexity index is 525. The van der Waals surface area contributed by atoms with Gasteiger partial charge in [-0.25, -0.2) is 0 Å². The maximum absolute atomic E-state index is 5.77. The van der Waals surface area contributed by atoms with E-state index in [0.717, 1.165) is 30.3 Å². The molecule has 2 aromatic heterocycles. The molecular formula is C14H21N3O. The number of furan rings is 1. The van der Waals surface area contributed by atoms with E-state index in [-0.39, 0.29) is 0 Å². The van der Waals surface area contributed by atoms with Crippen molar-refractivity contribution in [3.63, 3.8) is 0 Å². The predicted molar refractivity (Wildman–Crippen MR) is 71.6 cm³/mol. The zero-order valence-corrected chi connectivity index (χ0v) is 11.6. The zero-order chi connectivity index (χ0) is 13.1. The van der Waals surface area contributed by atoms with E-state index in [1.807, 2.05) is 23.7 Å². The van der Waals surface area contributed by atoms with Gasteiger partial charge in [-0.05, 0) is 45.0 Å². The van der Waals surface area contributed by atoms with Crippen molar-refractivity contribution in [3.8, 4) is 0 Å². The van der Waals surface area contributed by atoms with Crippen LogP contribution in [0.5, 0.6) is 0 Å². The fourth-order valence-electron chi connectivity index (χ4n) is 1.94. The second-order valence-electron chi connectivity index (χ2n) is 4.60. The van der Waals surface area contributed by atoms with E-state index in [1.165, 1.54) is 11.3 Å². The Hall–Kier alpha value is -1.55. The number of rotatable bonds is 5. The molecule has 1 N–H and O–H groups in total. The van der Waals surface area contributed by atoms with Crippen molar-refractivity contribution in [2.24, 2.45) is 0 Å². The van der Waals surface area contributed by atoms with E-state index >= 15 is 0 Å². The molecule has 0 fully saturated rings. The summed E-state index contributed by atoms with van der Waals surface area (Å²) in [6.07, 6.45) is 0. The molecule has 0 saturated carbocycles. The molecular weight excluding hydrogens is 226 g/mol. The highest BCUT2D eigenvalue weighted by molar-refractivity contribution is 5.23. The van der Waals surface area contributed by atoms with Gasteiger partial charge in [-0.3, -0.25) is 4.68 Å². The highest BCUT2D eigenvalue weighted by Gasteiger charge is 2.09. The molecule has 4 nitrogen and oxygen atoms in total. The van der Waals surface area contributed by atoms with Gasteiger partial charge < -0.3 is 9.73 Å². The van der Waals surface area contributed by atoms with Crippen LogP contribution in [-0.2, 0) is 13.1 Å². The third-order valence-electron chi connectivity index (χ3n) is 3.32. The zero-order valence-electron chi connectivity index (χ0n) is 11.6. The Balaban J connectivity index is 2.09. The minimum Gasteiger partial charge on any atom is -0.463 e. The topological polar surface area (TPSA) is 43.0 Å². The molecule has 0 aliphatic rings. The highest BCUT2D eigenvalue weighted by atomic mass is 16.3. The van der Waals surface area contributed by atoms with Crippen LogP contribution in [0, 0.1) is 20.8 Å². The molecule has 2 rings (SSSR count). The van der Waals surface area contributed by atoms with Crippen molar-refractivity contribution >= 4 is 0 Å². The third kappa shape index (κ3) is 2.64. The van der Waals surface area contributed by atoms with Crippen molar-refractivity contribution in [1.82, 2.24) is 15.1 Å². The van der Waals surface area contributed by atoms with Crippen molar-refractivity contribution in [2.75, 3.05) is 6.54 Å². The summed E-state index contributed by atoms with van der Waals surface area (Å²) in [7, 11) is 0. The van der Waals surface area contributed by atoms with E-state index in [2.05, 4.69) is 31.2 Å². The molecule has 0 unspecified atom stereocenters. The minimum absolute atomic E-state index is 0.701. The van der Waals surface area contributed by atoms with Crippen LogP contribution in [0.2, 0.25) is 0 Å². The van der Waals surface area contributed by atoms with Gasteiger partial charge in [0.1, 0.15) is 11.5 Å². The molecule has 2 aromatic rings. The Morgan fingerprint density at radius 1 is 1.22 bits per heavy atom. The summed E-state index contributed by atoms with van der Waals surface area (Å²) in [5, 5.41) is 7.77. The van der Waals surface area contributed by atoms with Gasteiger partial charge >= 0.3 is 0 Å². The van der Waals surface area contributed by atoms with Crippen molar-refractivity contribution in [2.45, 2.75) is 40.8 Å². The van der Waals surface area contributed by atoms with E-state index in [0.29, 0.717) is 6.54 Å². The second-order valence-corrected chi connectivity index (χ2v) is 4.60. The quantitative estimate of drug-likeness (QED) is 0.883. The lowest BCUT2D eigenvalue weighted by molar-refractivity contribution is 0.430. The summed E-state index contributed by atoms with van der Waals surface area (Å²) in [4.78, 5) is 0. The molecule has 0 aliphatic carbocycles. The minimum atomic E-state index is 0.701. The van der Waals surface area contributed by atoms with E-state index in [4.69, 9.17) is 4.42 Å². The molecule has 0 radical (unpaired) electrons. The summed E-state index contributed by atoms with van der Waals surface area (Å²) in [6, 6.07) is 4.05. The normalized spacial score (nSPS) is 11.1. The fraction of sp³-hybridized carbons (Fsp3) is 0.500. The van der Waals surface area contributed by atoms with Gasteiger partial charge in [0.05, 0.1) is 18.8 Å². The van der Waals surface area contributed by atoms with Crippen LogP contribution in [0.4, 0.5) is 0 Å². The molecule has 0 atom stereocenters. The Morgan fingerprint density at radius 2 is 1.94 bits per heavy atom. The summed E-state index contributed by atoms with van der Waals surface area (Å²) in [5.74, 6) is 1.93. The lowest BCUT2D eigenvalue weighted by Crippen LogP contribution is -2.10. The number of nitrogens with zero attached hydrogens (tertiary/aromatic N) is 2. The first-order valence-corrected chi connectivity index (χ1v) is 6.40. The smallest absolute Gasteiger partial charge is 0.125 e. The van der Waals surface area contributed by atoms with Gasteiger partial charge in [0, 0.05) is 5.69 Å². The van der Waals surface area contributed by atoms with Gasteiger partial charge in [0.15, 0.2) is 0 Å². The molecule has 0 bridgehead atoms. The molecule has 0 aromatic carbocycles. The first-order chi connectivity index (χ1) is 8.61. The monoisotopic (exact) mass is 247 g/mol. The number of aryl methyl sites for hydroxylation is 1. The molecule has 4 heteroatoms. The summed E-state index contributed by atoms with van der Waals surface area (Å²) in [5.41, 5.74) is 3.55. The third-order valence-corrected chi connectivity index (χ3v) is 3.32. The van der Waals surface area contributed by atoms with Crippen LogP contribution in [0.15, 0.2) is 16.5 Å². The number of aromatic nitrogens is 2. The molecule has 2 heterocycles. The van der Waals surface area contributed by atoms with Gasteiger partial charge in [0.25, 0.3) is 0 Å².